The number of Topliss-reactive ketones (excluding diaryl/α,β-unsaturated/α-hetero) is 1. The molecule has 1 N–H and O–H groups in total. The molecule has 0 amide bonds. The van der Waals surface area contributed by atoms with Crippen LogP contribution in [0.1, 0.15) is 17.2 Å². The van der Waals surface area contributed by atoms with Gasteiger partial charge in [-0.25, -0.2) is 13.8 Å². The van der Waals surface area contributed by atoms with Crippen molar-refractivity contribution in [2.75, 3.05) is 6.54 Å². The summed E-state index contributed by atoms with van der Waals surface area (Å²) in [6.45, 7) is 0.401. The topological polar surface area (TPSA) is 56.7 Å². The number of carbonyl (C=O) groups is 1. The Balaban J connectivity index is 1.76. The van der Waals surface area contributed by atoms with Crippen LogP contribution in [-0.4, -0.2) is 38.6 Å². The van der Waals surface area contributed by atoms with Crippen LogP contribution < -0.4 is 0 Å². The van der Waals surface area contributed by atoms with Gasteiger partial charge in [0.2, 0.25) is 5.78 Å². The summed E-state index contributed by atoms with van der Waals surface area (Å²) in [5, 5.41) is 12.0. The molecule has 5 nitrogen and oxygen atoms in total. The van der Waals surface area contributed by atoms with Crippen molar-refractivity contribution in [2.24, 2.45) is 0 Å². The number of hydrogen-bond donors (Lipinski definition) is 1. The van der Waals surface area contributed by atoms with E-state index in [-0.39, 0.29) is 5.56 Å². The molecule has 1 saturated heterocycles. The summed E-state index contributed by atoms with van der Waals surface area (Å²) in [7, 11) is 0. The molecule has 1 fully saturated rings. The SMILES string of the molecule is O=C1C2=CC=CCN2C(Cc2ccc(Cl)nc2)N(O)C1c1cccc(F)c1F. The second kappa shape index (κ2) is 7.43. The summed E-state index contributed by atoms with van der Waals surface area (Å²) >= 11 is 5.83. The molecule has 2 atom stereocenters. The van der Waals surface area contributed by atoms with Crippen molar-refractivity contribution in [3.05, 3.63) is 88.4 Å². The fraction of sp³-hybridized carbons (Fsp3) is 0.200. The van der Waals surface area contributed by atoms with Gasteiger partial charge in [-0.3, -0.25) is 4.79 Å². The molecule has 2 aromatic rings. The number of halogens is 3. The normalized spacial score (nSPS) is 22.2. The quantitative estimate of drug-likeness (QED) is 0.793. The Labute approximate surface area is 165 Å². The van der Waals surface area contributed by atoms with Gasteiger partial charge in [0.1, 0.15) is 17.4 Å². The second-order valence-electron chi connectivity index (χ2n) is 6.60. The Bertz CT molecular complexity index is 978. The van der Waals surface area contributed by atoms with E-state index in [4.69, 9.17) is 11.6 Å². The van der Waals surface area contributed by atoms with Crippen molar-refractivity contribution in [2.45, 2.75) is 18.6 Å². The number of hydroxylamine groups is 2. The Kier molecular flexibility index (Phi) is 4.97. The van der Waals surface area contributed by atoms with E-state index in [0.29, 0.717) is 23.8 Å². The van der Waals surface area contributed by atoms with E-state index in [0.717, 1.165) is 16.7 Å². The van der Waals surface area contributed by atoms with Crippen LogP contribution >= 0.6 is 11.6 Å². The Morgan fingerprint density at radius 2 is 2.07 bits per heavy atom. The summed E-state index contributed by atoms with van der Waals surface area (Å²) in [5.74, 6) is -2.72. The highest BCUT2D eigenvalue weighted by molar-refractivity contribution is 6.29. The van der Waals surface area contributed by atoms with E-state index < -0.39 is 29.6 Å². The van der Waals surface area contributed by atoms with Gasteiger partial charge in [-0.1, -0.05) is 42.0 Å². The lowest BCUT2D eigenvalue weighted by Crippen LogP contribution is -2.57. The van der Waals surface area contributed by atoms with Gasteiger partial charge >= 0.3 is 0 Å². The van der Waals surface area contributed by atoms with E-state index in [1.807, 2.05) is 6.08 Å². The lowest BCUT2D eigenvalue weighted by molar-refractivity contribution is -0.209. The number of rotatable bonds is 3. The summed E-state index contributed by atoms with van der Waals surface area (Å²) < 4.78 is 28.2. The Morgan fingerprint density at radius 3 is 2.82 bits per heavy atom. The number of benzene rings is 1. The van der Waals surface area contributed by atoms with Crippen LogP contribution in [0.4, 0.5) is 8.78 Å². The first kappa shape index (κ1) is 18.7. The van der Waals surface area contributed by atoms with Gasteiger partial charge in [0, 0.05) is 24.7 Å². The molecule has 0 radical (unpaired) electrons. The first-order valence-corrected chi connectivity index (χ1v) is 9.04. The molecule has 0 spiro atoms. The molecular weight excluding hydrogens is 388 g/mol. The largest absolute Gasteiger partial charge is 0.347 e. The summed E-state index contributed by atoms with van der Waals surface area (Å²) in [4.78, 5) is 18.8. The first-order valence-electron chi connectivity index (χ1n) is 8.66. The molecular formula is C20H16ClF2N3O2. The monoisotopic (exact) mass is 403 g/mol. The molecule has 4 rings (SSSR count). The zero-order valence-electron chi connectivity index (χ0n) is 14.6. The predicted molar refractivity (Wildman–Crippen MR) is 98.4 cm³/mol. The van der Waals surface area contributed by atoms with E-state index in [1.165, 1.54) is 12.1 Å². The number of ketones is 1. The minimum atomic E-state index is -1.35. The van der Waals surface area contributed by atoms with Crippen LogP contribution in [0.15, 0.2) is 60.5 Å². The van der Waals surface area contributed by atoms with Crippen molar-refractivity contribution in [3.63, 3.8) is 0 Å². The molecule has 1 aromatic heterocycles. The van der Waals surface area contributed by atoms with Gasteiger partial charge in [0.15, 0.2) is 11.6 Å². The molecule has 3 heterocycles. The van der Waals surface area contributed by atoms with Crippen LogP contribution in [0.5, 0.6) is 0 Å². The van der Waals surface area contributed by atoms with Gasteiger partial charge in [-0.05, 0) is 23.8 Å². The predicted octanol–water partition coefficient (Wildman–Crippen LogP) is 3.65. The number of allylic oxidation sites excluding steroid dienone is 2. The maximum absolute atomic E-state index is 14.4. The van der Waals surface area contributed by atoms with E-state index in [1.54, 1.807) is 35.4 Å². The number of carbonyl (C=O) groups excluding carboxylic acids is 1. The van der Waals surface area contributed by atoms with Gasteiger partial charge in [0.05, 0.1) is 5.70 Å². The third-order valence-corrected chi connectivity index (χ3v) is 5.14. The summed E-state index contributed by atoms with van der Waals surface area (Å²) in [5.41, 5.74) is 0.908. The standard InChI is InChI=1S/C20H16ClF2N3O2/c21-16-8-7-12(11-24-16)10-17-25-9-2-1-6-15(25)20(27)19(26(17)28)13-4-3-5-14(22)18(13)23/h1-8,11,17,19,28H,9-10H2. The van der Waals surface area contributed by atoms with E-state index in [9.17, 15) is 18.8 Å². The van der Waals surface area contributed by atoms with Crippen LogP contribution in [0.3, 0.4) is 0 Å². The molecule has 0 bridgehead atoms. The minimum absolute atomic E-state index is 0.207. The number of nitrogens with zero attached hydrogens (tertiary/aromatic N) is 3. The first-order chi connectivity index (χ1) is 13.5. The molecule has 0 saturated carbocycles. The molecule has 2 aliphatic heterocycles. The van der Waals surface area contributed by atoms with Crippen molar-refractivity contribution in [1.29, 1.82) is 0 Å². The smallest absolute Gasteiger partial charge is 0.203 e. The van der Waals surface area contributed by atoms with Gasteiger partial charge in [-0.15, -0.1) is 0 Å². The molecule has 2 unspecified atom stereocenters. The highest BCUT2D eigenvalue weighted by Gasteiger charge is 2.45. The van der Waals surface area contributed by atoms with Crippen molar-refractivity contribution in [1.82, 2.24) is 14.9 Å². The Morgan fingerprint density at radius 1 is 1.25 bits per heavy atom. The molecule has 0 aliphatic carbocycles. The van der Waals surface area contributed by atoms with Crippen LogP contribution in [0, 0.1) is 11.6 Å². The molecule has 1 aromatic carbocycles. The lowest BCUT2D eigenvalue weighted by atomic mass is 9.92. The highest BCUT2D eigenvalue weighted by Crippen LogP contribution is 2.37. The number of fused-ring (bicyclic) bond motifs is 1. The molecule has 8 heteroatoms. The van der Waals surface area contributed by atoms with Gasteiger partial charge in [0.25, 0.3) is 0 Å². The molecule has 2 aliphatic rings. The summed E-state index contributed by atoms with van der Waals surface area (Å²) in [6.07, 6.45) is 6.40. The van der Waals surface area contributed by atoms with Gasteiger partial charge < -0.3 is 10.1 Å². The fourth-order valence-electron chi connectivity index (χ4n) is 3.57. The Hall–Kier alpha value is -2.61. The number of aromatic nitrogens is 1. The zero-order valence-corrected chi connectivity index (χ0v) is 15.4. The van der Waals surface area contributed by atoms with Crippen molar-refractivity contribution < 1.29 is 18.8 Å². The fourth-order valence-corrected chi connectivity index (χ4v) is 3.68. The third-order valence-electron chi connectivity index (χ3n) is 4.92. The average Bonchev–Trinajstić information content (AvgIpc) is 2.70. The van der Waals surface area contributed by atoms with Crippen molar-refractivity contribution >= 4 is 17.4 Å². The molecule has 28 heavy (non-hydrogen) atoms. The van der Waals surface area contributed by atoms with Crippen LogP contribution in [0.25, 0.3) is 0 Å². The maximum atomic E-state index is 14.4. The third kappa shape index (κ3) is 3.22. The van der Waals surface area contributed by atoms with E-state index >= 15 is 0 Å². The van der Waals surface area contributed by atoms with Crippen LogP contribution in [0.2, 0.25) is 5.15 Å². The minimum Gasteiger partial charge on any atom is -0.347 e. The van der Waals surface area contributed by atoms with Gasteiger partial charge in [-0.2, -0.15) is 5.06 Å². The maximum Gasteiger partial charge on any atom is 0.203 e. The number of pyridine rings is 1. The number of hydrogen-bond acceptors (Lipinski definition) is 5. The van der Waals surface area contributed by atoms with Crippen LogP contribution in [-0.2, 0) is 11.2 Å². The molecule has 144 valence electrons. The van der Waals surface area contributed by atoms with Crippen molar-refractivity contribution in [3.8, 4) is 0 Å². The highest BCUT2D eigenvalue weighted by atomic mass is 35.5. The summed E-state index contributed by atoms with van der Waals surface area (Å²) in [6, 6.07) is 5.63. The zero-order chi connectivity index (χ0) is 19.8. The lowest BCUT2D eigenvalue weighted by Gasteiger charge is -2.47. The van der Waals surface area contributed by atoms with E-state index in [2.05, 4.69) is 4.98 Å². The second-order valence-corrected chi connectivity index (χ2v) is 6.98. The average molecular weight is 404 g/mol.